The van der Waals surface area contributed by atoms with Crippen molar-refractivity contribution in [2.24, 2.45) is 10.8 Å². The fourth-order valence-electron chi connectivity index (χ4n) is 4.77. The Kier molecular flexibility index (Phi) is 7.89. The summed E-state index contributed by atoms with van der Waals surface area (Å²) in [6.07, 6.45) is 5.12. The highest BCUT2D eigenvalue weighted by Crippen LogP contribution is 2.37. The van der Waals surface area contributed by atoms with E-state index in [1.807, 2.05) is 51.2 Å². The van der Waals surface area contributed by atoms with Crippen LogP contribution in [0, 0.1) is 10.8 Å². The molecule has 0 saturated heterocycles. The summed E-state index contributed by atoms with van der Waals surface area (Å²) in [5.41, 5.74) is 2.84. The minimum Gasteiger partial charge on any atom is -0.481 e. The summed E-state index contributed by atoms with van der Waals surface area (Å²) in [4.78, 5) is 48.7. The van der Waals surface area contributed by atoms with E-state index < -0.39 is 16.8 Å². The van der Waals surface area contributed by atoms with Crippen molar-refractivity contribution >= 4 is 23.1 Å². The van der Waals surface area contributed by atoms with Crippen LogP contribution >= 0.6 is 0 Å². The van der Waals surface area contributed by atoms with Gasteiger partial charge in [0.2, 0.25) is 5.78 Å². The third kappa shape index (κ3) is 5.78. The van der Waals surface area contributed by atoms with Crippen molar-refractivity contribution in [3.05, 3.63) is 82.9 Å². The predicted octanol–water partition coefficient (Wildman–Crippen LogP) is 6.64. The van der Waals surface area contributed by atoms with Crippen molar-refractivity contribution in [1.29, 1.82) is 0 Å². The van der Waals surface area contributed by atoms with Gasteiger partial charge in [-0.2, -0.15) is 0 Å². The first-order valence-electron chi connectivity index (χ1n) is 13.6. The molecule has 0 bridgehead atoms. The summed E-state index contributed by atoms with van der Waals surface area (Å²) in [7, 11) is 1.50. The van der Waals surface area contributed by atoms with Gasteiger partial charge in [0.05, 0.1) is 23.7 Å². The summed E-state index contributed by atoms with van der Waals surface area (Å²) in [6, 6.07) is 11.2. The van der Waals surface area contributed by atoms with E-state index >= 15 is 0 Å². The first kappa shape index (κ1) is 29.6. The smallest absolute Gasteiger partial charge is 0.316 e. The molecule has 0 aliphatic rings. The number of hydrogen-bond donors (Lipinski definition) is 1. The molecule has 0 aliphatic heterocycles. The number of fused-ring (bicyclic) bond motifs is 1. The van der Waals surface area contributed by atoms with E-state index in [9.17, 15) is 19.5 Å². The monoisotopic (exact) mass is 555 g/mol. The Hall–Kier alpha value is -4.33. The molecule has 214 valence electrons. The molecule has 4 rings (SSSR count). The highest BCUT2D eigenvalue weighted by atomic mass is 16.5. The molecule has 0 aliphatic carbocycles. The van der Waals surface area contributed by atoms with Gasteiger partial charge in [0.15, 0.2) is 5.78 Å². The van der Waals surface area contributed by atoms with Crippen molar-refractivity contribution in [3.8, 4) is 17.1 Å². The molecule has 41 heavy (non-hydrogen) atoms. The molecule has 1 aromatic carbocycles. The summed E-state index contributed by atoms with van der Waals surface area (Å²) >= 11 is 0. The number of carboxylic acid groups (broad SMARTS) is 1. The zero-order valence-electron chi connectivity index (χ0n) is 24.9. The molecule has 0 unspecified atom stereocenters. The lowest BCUT2D eigenvalue weighted by Gasteiger charge is -2.22. The van der Waals surface area contributed by atoms with Crippen molar-refractivity contribution in [2.75, 3.05) is 7.11 Å². The van der Waals surface area contributed by atoms with E-state index in [2.05, 4.69) is 23.8 Å². The SMILES string of the molecule is COc1ncc(-c2ccc(C(=O)c3c(CC(C)(C)C(=O)O)c(C(=O)C(C)(C)C)c4cc(C(C)C)ccn34)cc2)cn1. The topological polar surface area (TPSA) is 111 Å². The van der Waals surface area contributed by atoms with E-state index in [1.54, 1.807) is 42.8 Å². The Labute approximate surface area is 240 Å². The highest BCUT2D eigenvalue weighted by Gasteiger charge is 2.37. The van der Waals surface area contributed by atoms with E-state index in [0.717, 1.165) is 16.7 Å². The van der Waals surface area contributed by atoms with Crippen LogP contribution in [0.5, 0.6) is 6.01 Å². The molecular formula is C33H37N3O5. The standard InChI is InChI=1S/C33H37N3O5/c1-19(2)22-13-14-36-25(15-22)26(29(38)32(3,4)5)24(16-33(6,7)30(39)40)27(36)28(37)21-11-9-20(10-12-21)23-17-34-31(41-8)35-18-23/h9-15,17-19H,16H2,1-8H3,(H,39,40). The van der Waals surface area contributed by atoms with Crippen molar-refractivity contribution in [2.45, 2.75) is 60.8 Å². The first-order chi connectivity index (χ1) is 19.2. The van der Waals surface area contributed by atoms with Crippen LogP contribution in [-0.2, 0) is 11.2 Å². The Bertz CT molecular complexity index is 1620. The lowest BCUT2D eigenvalue weighted by atomic mass is 9.79. The minimum absolute atomic E-state index is 0.0144. The van der Waals surface area contributed by atoms with Gasteiger partial charge in [-0.3, -0.25) is 14.4 Å². The number of Topliss-reactive ketones (excluding diaryl/α,β-unsaturated/α-hetero) is 1. The van der Waals surface area contributed by atoms with Crippen LogP contribution in [-0.4, -0.2) is 44.1 Å². The zero-order valence-corrected chi connectivity index (χ0v) is 24.9. The average molecular weight is 556 g/mol. The van der Waals surface area contributed by atoms with Crippen LogP contribution in [0.25, 0.3) is 16.6 Å². The molecule has 0 radical (unpaired) electrons. The maximum atomic E-state index is 14.3. The summed E-state index contributed by atoms with van der Waals surface area (Å²) in [5.74, 6) is -1.24. The van der Waals surface area contributed by atoms with Gasteiger partial charge in [-0.1, -0.05) is 58.9 Å². The maximum Gasteiger partial charge on any atom is 0.316 e. The molecule has 3 aromatic heterocycles. The number of pyridine rings is 1. The molecule has 0 amide bonds. The van der Waals surface area contributed by atoms with Gasteiger partial charge in [0, 0.05) is 40.7 Å². The second-order valence-electron chi connectivity index (χ2n) is 12.4. The number of ketones is 2. The lowest BCUT2D eigenvalue weighted by Crippen LogP contribution is -2.29. The van der Waals surface area contributed by atoms with Crippen molar-refractivity contribution < 1.29 is 24.2 Å². The summed E-state index contributed by atoms with van der Waals surface area (Å²) < 4.78 is 6.79. The van der Waals surface area contributed by atoms with E-state index in [-0.39, 0.29) is 29.9 Å². The van der Waals surface area contributed by atoms with Crippen molar-refractivity contribution in [3.63, 3.8) is 0 Å². The van der Waals surface area contributed by atoms with Gasteiger partial charge in [0.1, 0.15) is 0 Å². The number of nitrogens with zero attached hydrogens (tertiary/aromatic N) is 3. The highest BCUT2D eigenvalue weighted by molar-refractivity contribution is 6.15. The Morgan fingerprint density at radius 3 is 2.07 bits per heavy atom. The number of aliphatic carboxylic acids is 1. The molecule has 0 atom stereocenters. The third-order valence-corrected chi connectivity index (χ3v) is 7.34. The third-order valence-electron chi connectivity index (χ3n) is 7.34. The fourth-order valence-corrected chi connectivity index (χ4v) is 4.77. The zero-order chi connectivity index (χ0) is 30.3. The number of aromatic nitrogens is 3. The Balaban J connectivity index is 1.94. The molecule has 1 N–H and O–H groups in total. The number of ether oxygens (including phenoxy) is 1. The number of carboxylic acids is 1. The van der Waals surface area contributed by atoms with Crippen molar-refractivity contribution in [1.82, 2.24) is 14.4 Å². The number of carbonyl (C=O) groups excluding carboxylic acids is 2. The normalized spacial score (nSPS) is 12.1. The van der Waals surface area contributed by atoms with Crippen LogP contribution in [0.1, 0.15) is 91.9 Å². The Morgan fingerprint density at radius 1 is 0.951 bits per heavy atom. The van der Waals surface area contributed by atoms with Gasteiger partial charge in [-0.25, -0.2) is 9.97 Å². The maximum absolute atomic E-state index is 14.3. The molecule has 8 heteroatoms. The molecule has 8 nitrogen and oxygen atoms in total. The predicted molar refractivity (Wildman–Crippen MR) is 158 cm³/mol. The first-order valence-corrected chi connectivity index (χ1v) is 13.6. The van der Waals surface area contributed by atoms with Gasteiger partial charge in [-0.05, 0) is 55.0 Å². The molecule has 3 heterocycles. The van der Waals surface area contributed by atoms with Crippen LogP contribution in [0.2, 0.25) is 0 Å². The molecule has 4 aromatic rings. The number of methoxy groups -OCH3 is 1. The fraction of sp³-hybridized carbons (Fsp3) is 0.364. The molecule has 0 spiro atoms. The van der Waals surface area contributed by atoms with Crippen LogP contribution < -0.4 is 4.74 Å². The van der Waals surface area contributed by atoms with Crippen LogP contribution in [0.4, 0.5) is 0 Å². The molecule has 0 fully saturated rings. The van der Waals surface area contributed by atoms with E-state index in [4.69, 9.17) is 4.74 Å². The van der Waals surface area contributed by atoms with Gasteiger partial charge < -0.3 is 14.2 Å². The summed E-state index contributed by atoms with van der Waals surface area (Å²) in [5, 5.41) is 10.0. The number of carbonyl (C=O) groups is 3. The van der Waals surface area contributed by atoms with Crippen LogP contribution in [0.15, 0.2) is 55.0 Å². The lowest BCUT2D eigenvalue weighted by molar-refractivity contribution is -0.146. The minimum atomic E-state index is -1.22. The van der Waals surface area contributed by atoms with Gasteiger partial charge in [-0.15, -0.1) is 0 Å². The second-order valence-corrected chi connectivity index (χ2v) is 12.4. The number of hydrogen-bond acceptors (Lipinski definition) is 6. The van der Waals surface area contributed by atoms with Gasteiger partial charge >= 0.3 is 12.0 Å². The average Bonchev–Trinajstić information content (AvgIpc) is 3.23. The quantitative estimate of drug-likeness (QED) is 0.230. The van der Waals surface area contributed by atoms with E-state index in [0.29, 0.717) is 27.9 Å². The van der Waals surface area contributed by atoms with E-state index in [1.165, 1.54) is 7.11 Å². The molecular weight excluding hydrogens is 518 g/mol. The largest absolute Gasteiger partial charge is 0.481 e. The van der Waals surface area contributed by atoms with Crippen LogP contribution in [0.3, 0.4) is 0 Å². The number of benzene rings is 1. The summed E-state index contributed by atoms with van der Waals surface area (Å²) in [6.45, 7) is 12.9. The van der Waals surface area contributed by atoms with Gasteiger partial charge in [0.25, 0.3) is 0 Å². The molecule has 0 saturated carbocycles. The Morgan fingerprint density at radius 2 is 1.56 bits per heavy atom. The number of rotatable bonds is 9. The second kappa shape index (κ2) is 10.9.